The molecule has 0 aliphatic rings. The van der Waals surface area contributed by atoms with Crippen molar-refractivity contribution in [2.24, 2.45) is 0 Å². The lowest BCUT2D eigenvalue weighted by atomic mass is 10.5. The largest absolute Gasteiger partial charge is 0.523 e. The molecule has 0 aromatic carbocycles. The first-order chi connectivity index (χ1) is 8.02. The summed E-state index contributed by atoms with van der Waals surface area (Å²) in [6, 6.07) is 0. The van der Waals surface area contributed by atoms with E-state index in [0.717, 1.165) is 0 Å². The van der Waals surface area contributed by atoms with Crippen LogP contribution in [-0.4, -0.2) is 41.3 Å². The summed E-state index contributed by atoms with van der Waals surface area (Å²) in [5.41, 5.74) is -5.54. The maximum absolute atomic E-state index is 11.8. The predicted octanol–water partition coefficient (Wildman–Crippen LogP) is 0.222. The van der Waals surface area contributed by atoms with Crippen molar-refractivity contribution in [1.29, 1.82) is 0 Å². The lowest BCUT2D eigenvalue weighted by molar-refractivity contribution is -0.0541. The first kappa shape index (κ1) is 17.2. The maximum Gasteiger partial charge on any atom is 0.523 e. The van der Waals surface area contributed by atoms with Crippen LogP contribution in [0.4, 0.5) is 13.2 Å². The number of rotatable bonds is 7. The molecule has 0 saturated carbocycles. The van der Waals surface area contributed by atoms with Crippen molar-refractivity contribution in [2.45, 2.75) is 11.9 Å². The summed E-state index contributed by atoms with van der Waals surface area (Å²) < 4.78 is 85.8. The number of terminal acetylenes is 1. The summed E-state index contributed by atoms with van der Waals surface area (Å²) in [6.45, 7) is -1.44. The van der Waals surface area contributed by atoms with Gasteiger partial charge in [0.15, 0.2) is 0 Å². The van der Waals surface area contributed by atoms with E-state index in [1.165, 1.54) is 0 Å². The van der Waals surface area contributed by atoms with Gasteiger partial charge < -0.3 is 0 Å². The van der Waals surface area contributed by atoms with Gasteiger partial charge in [-0.05, 0) is 6.42 Å². The monoisotopic (exact) mass is 310 g/mol. The predicted molar refractivity (Wildman–Crippen MR) is 54.1 cm³/mol. The molecule has 0 rings (SSSR count). The average molecular weight is 310 g/mol. The van der Waals surface area contributed by atoms with E-state index in [9.17, 15) is 30.0 Å². The fourth-order valence-corrected chi connectivity index (χ4v) is 1.96. The van der Waals surface area contributed by atoms with Crippen LogP contribution < -0.4 is 0 Å². The quantitative estimate of drug-likeness (QED) is 0.289. The molecule has 0 radical (unpaired) electrons. The molecular weight excluding hydrogens is 301 g/mol. The molecule has 0 amide bonds. The number of alkyl halides is 3. The Morgan fingerprint density at radius 3 is 2.11 bits per heavy atom. The van der Waals surface area contributed by atoms with Gasteiger partial charge >= 0.3 is 15.6 Å². The molecule has 0 aliphatic carbocycles. The minimum absolute atomic E-state index is 0.484. The van der Waals surface area contributed by atoms with Crippen LogP contribution in [0.1, 0.15) is 6.42 Å². The Balaban J connectivity index is 4.14. The van der Waals surface area contributed by atoms with Crippen molar-refractivity contribution in [3.63, 3.8) is 0 Å². The second-order valence-corrected chi connectivity index (χ2v) is 6.17. The number of hydrogen-bond acceptors (Lipinski definition) is 6. The molecule has 6 nitrogen and oxygen atoms in total. The lowest BCUT2D eigenvalue weighted by Gasteiger charge is -2.08. The zero-order chi connectivity index (χ0) is 14.4. The zero-order valence-corrected chi connectivity index (χ0v) is 10.4. The van der Waals surface area contributed by atoms with Crippen molar-refractivity contribution >= 4 is 20.2 Å². The van der Waals surface area contributed by atoms with Gasteiger partial charge in [0, 0.05) is 0 Å². The molecule has 0 saturated heterocycles. The average Bonchev–Trinajstić information content (AvgIpc) is 2.20. The Kier molecular flexibility index (Phi) is 6.08. The third-order valence-corrected chi connectivity index (χ3v) is 3.69. The van der Waals surface area contributed by atoms with Gasteiger partial charge in [-0.25, -0.2) is 0 Å². The van der Waals surface area contributed by atoms with Crippen LogP contribution in [0, 0.1) is 12.3 Å². The standard InChI is InChI=1S/C7H9F3O6S2/c1-2-4-15-17(11,12)6-3-5-16-18(13,14)7(8,9)10/h1H,3-6H2. The van der Waals surface area contributed by atoms with Gasteiger partial charge in [0.2, 0.25) is 0 Å². The van der Waals surface area contributed by atoms with E-state index in [-0.39, 0.29) is 0 Å². The first-order valence-corrected chi connectivity index (χ1v) is 7.26. The van der Waals surface area contributed by atoms with E-state index < -0.39 is 51.1 Å². The van der Waals surface area contributed by atoms with Gasteiger partial charge in [-0.15, -0.1) is 6.42 Å². The minimum Gasteiger partial charge on any atom is -0.263 e. The first-order valence-electron chi connectivity index (χ1n) is 4.28. The molecule has 0 aromatic heterocycles. The molecule has 0 atom stereocenters. The van der Waals surface area contributed by atoms with Gasteiger partial charge in [-0.1, -0.05) is 5.92 Å². The van der Waals surface area contributed by atoms with Crippen LogP contribution in [0.25, 0.3) is 0 Å². The maximum atomic E-state index is 11.8. The van der Waals surface area contributed by atoms with Crippen molar-refractivity contribution in [2.75, 3.05) is 19.0 Å². The molecule has 0 fully saturated rings. The van der Waals surface area contributed by atoms with Crippen molar-refractivity contribution in [3.05, 3.63) is 0 Å². The Morgan fingerprint density at radius 1 is 1.11 bits per heavy atom. The number of hydrogen-bond donors (Lipinski definition) is 0. The highest BCUT2D eigenvalue weighted by Crippen LogP contribution is 2.24. The molecule has 11 heteroatoms. The summed E-state index contributed by atoms with van der Waals surface area (Å²) in [5, 5.41) is 0. The van der Waals surface area contributed by atoms with E-state index >= 15 is 0 Å². The van der Waals surface area contributed by atoms with E-state index in [1.807, 2.05) is 5.92 Å². The van der Waals surface area contributed by atoms with Crippen LogP contribution >= 0.6 is 0 Å². The van der Waals surface area contributed by atoms with Gasteiger partial charge in [0.05, 0.1) is 12.4 Å². The molecular formula is C7H9F3O6S2. The molecule has 18 heavy (non-hydrogen) atoms. The second kappa shape index (κ2) is 6.37. The van der Waals surface area contributed by atoms with E-state index in [1.54, 1.807) is 0 Å². The second-order valence-electron chi connectivity index (χ2n) is 2.80. The highest BCUT2D eigenvalue weighted by molar-refractivity contribution is 7.87. The fourth-order valence-electron chi connectivity index (χ4n) is 0.654. The molecule has 0 aliphatic heterocycles. The molecule has 0 aromatic rings. The summed E-state index contributed by atoms with van der Waals surface area (Å²) in [4.78, 5) is 0. The Labute approximate surface area is 102 Å². The normalized spacial score (nSPS) is 13.2. The molecule has 0 spiro atoms. The van der Waals surface area contributed by atoms with Crippen LogP contribution in [-0.2, 0) is 28.6 Å². The Morgan fingerprint density at radius 2 is 1.67 bits per heavy atom. The molecule has 0 unspecified atom stereocenters. The Hall–Kier alpha value is -0.830. The third-order valence-electron chi connectivity index (χ3n) is 1.38. The lowest BCUT2D eigenvalue weighted by Crippen LogP contribution is -2.26. The van der Waals surface area contributed by atoms with Crippen LogP contribution in [0.15, 0.2) is 0 Å². The highest BCUT2D eigenvalue weighted by Gasteiger charge is 2.47. The van der Waals surface area contributed by atoms with Crippen LogP contribution in [0.2, 0.25) is 0 Å². The van der Waals surface area contributed by atoms with Gasteiger partial charge in [-0.3, -0.25) is 8.37 Å². The summed E-state index contributed by atoms with van der Waals surface area (Å²) in [6.07, 6.45) is 4.24. The van der Waals surface area contributed by atoms with E-state index in [2.05, 4.69) is 8.37 Å². The zero-order valence-electron chi connectivity index (χ0n) is 8.81. The SMILES string of the molecule is C#CCOS(=O)(=O)CCCOS(=O)(=O)C(F)(F)F. The Bertz CT molecular complexity index is 498. The smallest absolute Gasteiger partial charge is 0.263 e. The molecule has 106 valence electrons. The highest BCUT2D eigenvalue weighted by atomic mass is 32.2. The van der Waals surface area contributed by atoms with Crippen molar-refractivity contribution in [3.8, 4) is 12.3 Å². The van der Waals surface area contributed by atoms with Gasteiger partial charge in [0.25, 0.3) is 10.1 Å². The van der Waals surface area contributed by atoms with Crippen LogP contribution in [0.3, 0.4) is 0 Å². The molecule has 0 bridgehead atoms. The third kappa shape index (κ3) is 6.20. The topological polar surface area (TPSA) is 86.7 Å². The summed E-state index contributed by atoms with van der Waals surface area (Å²) in [5.74, 6) is 1.17. The van der Waals surface area contributed by atoms with E-state index in [0.29, 0.717) is 0 Å². The van der Waals surface area contributed by atoms with Crippen molar-refractivity contribution < 1.29 is 38.4 Å². The number of halogens is 3. The minimum atomic E-state index is -5.70. The van der Waals surface area contributed by atoms with Gasteiger partial charge in [0.1, 0.15) is 6.61 Å². The molecule has 0 N–H and O–H groups in total. The van der Waals surface area contributed by atoms with Crippen molar-refractivity contribution in [1.82, 2.24) is 0 Å². The van der Waals surface area contributed by atoms with Gasteiger partial charge in [-0.2, -0.15) is 30.0 Å². The van der Waals surface area contributed by atoms with E-state index in [4.69, 9.17) is 6.42 Å². The fraction of sp³-hybridized carbons (Fsp3) is 0.714. The summed E-state index contributed by atoms with van der Waals surface area (Å²) >= 11 is 0. The summed E-state index contributed by atoms with van der Waals surface area (Å²) in [7, 11) is -9.70. The molecule has 0 heterocycles. The van der Waals surface area contributed by atoms with Crippen LogP contribution in [0.5, 0.6) is 0 Å².